The van der Waals surface area contributed by atoms with Crippen molar-refractivity contribution in [2.24, 2.45) is 0 Å². The molecule has 0 saturated heterocycles. The van der Waals surface area contributed by atoms with E-state index >= 15 is 0 Å². The quantitative estimate of drug-likeness (QED) is 0.726. The summed E-state index contributed by atoms with van der Waals surface area (Å²) in [5.41, 5.74) is 2.42. The van der Waals surface area contributed by atoms with Crippen LogP contribution < -0.4 is 4.74 Å². The van der Waals surface area contributed by atoms with Gasteiger partial charge in [0, 0.05) is 45.2 Å². The van der Waals surface area contributed by atoms with E-state index in [0.717, 1.165) is 25.4 Å². The Morgan fingerprint density at radius 2 is 2.04 bits per heavy atom. The normalized spacial score (nSPS) is 12.5. The molecule has 1 aromatic heterocycles. The predicted molar refractivity (Wildman–Crippen MR) is 95.4 cm³/mol. The predicted octanol–water partition coefficient (Wildman–Crippen LogP) is 2.37. The molecule has 1 atom stereocenters. The highest BCUT2D eigenvalue weighted by Crippen LogP contribution is 2.16. The van der Waals surface area contributed by atoms with Crippen molar-refractivity contribution in [3.63, 3.8) is 0 Å². The van der Waals surface area contributed by atoms with Crippen LogP contribution in [0.15, 0.2) is 42.6 Å². The summed E-state index contributed by atoms with van der Waals surface area (Å²) < 4.78 is 12.7. The minimum atomic E-state index is -0.358. The van der Waals surface area contributed by atoms with Gasteiger partial charge < -0.3 is 19.1 Å². The Bertz CT molecular complexity index is 610. The van der Waals surface area contributed by atoms with Gasteiger partial charge in [-0.1, -0.05) is 12.1 Å². The molecule has 0 spiro atoms. The molecule has 0 amide bonds. The van der Waals surface area contributed by atoms with Crippen molar-refractivity contribution >= 4 is 0 Å². The molecule has 1 aromatic carbocycles. The molecule has 5 heteroatoms. The largest absolute Gasteiger partial charge is 0.497 e. The first kappa shape index (κ1) is 18.5. The average Bonchev–Trinajstić information content (AvgIpc) is 2.99. The third-order valence-electron chi connectivity index (χ3n) is 3.93. The van der Waals surface area contributed by atoms with E-state index in [2.05, 4.69) is 39.9 Å². The summed E-state index contributed by atoms with van der Waals surface area (Å²) in [4.78, 5) is 2.21. The fraction of sp³-hybridized carbons (Fsp3) is 0.474. The van der Waals surface area contributed by atoms with Crippen LogP contribution in [-0.2, 0) is 17.8 Å². The van der Waals surface area contributed by atoms with Crippen LogP contribution >= 0.6 is 0 Å². The van der Waals surface area contributed by atoms with Gasteiger partial charge in [0.05, 0.1) is 19.8 Å². The first-order valence-corrected chi connectivity index (χ1v) is 8.28. The average molecular weight is 332 g/mol. The molecule has 0 fully saturated rings. The zero-order chi connectivity index (χ0) is 17.4. The SMILES string of the molecule is COCCN(Cc1cccn1Cc1cccc(OC)c1)CC(C)O. The molecule has 2 rings (SSSR count). The van der Waals surface area contributed by atoms with Gasteiger partial charge in [-0.15, -0.1) is 0 Å². The second kappa shape index (κ2) is 9.47. The highest BCUT2D eigenvalue weighted by atomic mass is 16.5. The first-order chi connectivity index (χ1) is 11.6. The van der Waals surface area contributed by atoms with Gasteiger partial charge in [-0.25, -0.2) is 0 Å². The van der Waals surface area contributed by atoms with Crippen LogP contribution in [0, 0.1) is 0 Å². The van der Waals surface area contributed by atoms with E-state index in [0.29, 0.717) is 13.2 Å². The number of hydrogen-bond acceptors (Lipinski definition) is 4. The molecular weight excluding hydrogens is 304 g/mol. The molecule has 1 unspecified atom stereocenters. The van der Waals surface area contributed by atoms with Gasteiger partial charge in [0.25, 0.3) is 0 Å². The van der Waals surface area contributed by atoms with Crippen molar-refractivity contribution < 1.29 is 14.6 Å². The minimum Gasteiger partial charge on any atom is -0.497 e. The molecule has 1 heterocycles. The number of methoxy groups -OCH3 is 2. The Hall–Kier alpha value is -1.82. The van der Waals surface area contributed by atoms with Crippen molar-refractivity contribution in [1.29, 1.82) is 0 Å². The van der Waals surface area contributed by atoms with E-state index in [-0.39, 0.29) is 6.10 Å². The van der Waals surface area contributed by atoms with E-state index in [4.69, 9.17) is 9.47 Å². The van der Waals surface area contributed by atoms with Crippen LogP contribution in [0.25, 0.3) is 0 Å². The fourth-order valence-corrected chi connectivity index (χ4v) is 2.77. The van der Waals surface area contributed by atoms with Crippen LogP contribution in [0.4, 0.5) is 0 Å². The monoisotopic (exact) mass is 332 g/mol. The molecule has 2 aromatic rings. The maximum absolute atomic E-state index is 9.71. The number of ether oxygens (including phenoxy) is 2. The van der Waals surface area contributed by atoms with Gasteiger partial charge in [-0.2, -0.15) is 0 Å². The molecule has 0 aliphatic carbocycles. The molecule has 0 radical (unpaired) electrons. The molecule has 0 aliphatic heterocycles. The Kier molecular flexibility index (Phi) is 7.31. The van der Waals surface area contributed by atoms with E-state index in [1.54, 1.807) is 14.2 Å². The van der Waals surface area contributed by atoms with Gasteiger partial charge in [0.1, 0.15) is 5.75 Å². The van der Waals surface area contributed by atoms with Gasteiger partial charge in [-0.3, -0.25) is 4.90 Å². The number of rotatable bonds is 10. The summed E-state index contributed by atoms with van der Waals surface area (Å²) in [5, 5.41) is 9.71. The number of hydrogen-bond donors (Lipinski definition) is 1. The lowest BCUT2D eigenvalue weighted by Gasteiger charge is -2.24. The van der Waals surface area contributed by atoms with Crippen LogP contribution in [0.5, 0.6) is 5.75 Å². The fourth-order valence-electron chi connectivity index (χ4n) is 2.77. The highest BCUT2D eigenvalue weighted by Gasteiger charge is 2.11. The third-order valence-corrected chi connectivity index (χ3v) is 3.93. The number of nitrogens with zero attached hydrogens (tertiary/aromatic N) is 2. The summed E-state index contributed by atoms with van der Waals surface area (Å²) in [6.45, 7) is 5.48. The van der Waals surface area contributed by atoms with Crippen molar-refractivity contribution in [3.8, 4) is 5.75 Å². The van der Waals surface area contributed by atoms with Gasteiger partial charge >= 0.3 is 0 Å². The molecule has 1 N–H and O–H groups in total. The van der Waals surface area contributed by atoms with E-state index < -0.39 is 0 Å². The Morgan fingerprint density at radius 3 is 2.75 bits per heavy atom. The summed E-state index contributed by atoms with van der Waals surface area (Å²) in [6.07, 6.45) is 1.73. The second-order valence-corrected chi connectivity index (χ2v) is 6.06. The molecule has 0 aliphatic rings. The molecule has 5 nitrogen and oxygen atoms in total. The van der Waals surface area contributed by atoms with Crippen molar-refractivity contribution in [2.45, 2.75) is 26.1 Å². The van der Waals surface area contributed by atoms with E-state index in [1.807, 2.05) is 19.1 Å². The number of benzene rings is 1. The zero-order valence-electron chi connectivity index (χ0n) is 14.8. The summed E-state index contributed by atoms with van der Waals surface area (Å²) in [6, 6.07) is 12.3. The third kappa shape index (κ3) is 5.67. The van der Waals surface area contributed by atoms with Gasteiger partial charge in [0.15, 0.2) is 0 Å². The summed E-state index contributed by atoms with van der Waals surface area (Å²) >= 11 is 0. The van der Waals surface area contributed by atoms with Crippen LogP contribution in [0.2, 0.25) is 0 Å². The van der Waals surface area contributed by atoms with Gasteiger partial charge in [-0.05, 0) is 36.8 Å². The number of aliphatic hydroxyl groups is 1. The van der Waals surface area contributed by atoms with E-state index in [9.17, 15) is 5.11 Å². The van der Waals surface area contributed by atoms with E-state index in [1.165, 1.54) is 11.3 Å². The lowest BCUT2D eigenvalue weighted by atomic mass is 10.2. The van der Waals surface area contributed by atoms with Gasteiger partial charge in [0.2, 0.25) is 0 Å². The molecule has 132 valence electrons. The minimum absolute atomic E-state index is 0.358. The topological polar surface area (TPSA) is 46.9 Å². The lowest BCUT2D eigenvalue weighted by molar-refractivity contribution is 0.0926. The van der Waals surface area contributed by atoms with Crippen LogP contribution in [-0.4, -0.2) is 54.6 Å². The summed E-state index contributed by atoms with van der Waals surface area (Å²) in [5.74, 6) is 0.872. The van der Waals surface area contributed by atoms with Crippen molar-refractivity contribution in [2.75, 3.05) is 33.9 Å². The highest BCUT2D eigenvalue weighted by molar-refractivity contribution is 5.29. The Morgan fingerprint density at radius 1 is 1.21 bits per heavy atom. The Labute approximate surface area is 144 Å². The molecule has 24 heavy (non-hydrogen) atoms. The van der Waals surface area contributed by atoms with Crippen LogP contribution in [0.3, 0.4) is 0 Å². The zero-order valence-corrected chi connectivity index (χ0v) is 14.8. The Balaban J connectivity index is 2.07. The molecule has 0 bridgehead atoms. The van der Waals surface area contributed by atoms with Crippen molar-refractivity contribution in [1.82, 2.24) is 9.47 Å². The smallest absolute Gasteiger partial charge is 0.119 e. The second-order valence-electron chi connectivity index (χ2n) is 6.06. The number of aliphatic hydroxyl groups excluding tert-OH is 1. The maximum atomic E-state index is 9.71. The van der Waals surface area contributed by atoms with Crippen LogP contribution in [0.1, 0.15) is 18.2 Å². The summed E-state index contributed by atoms with van der Waals surface area (Å²) in [7, 11) is 3.38. The molecule has 0 saturated carbocycles. The lowest BCUT2D eigenvalue weighted by Crippen LogP contribution is -2.34. The standard InChI is InChI=1S/C19H28N2O3/c1-16(22)13-20(10-11-23-2)15-18-7-5-9-21(18)14-17-6-4-8-19(12-17)24-3/h4-9,12,16,22H,10-11,13-15H2,1-3H3. The maximum Gasteiger partial charge on any atom is 0.119 e. The first-order valence-electron chi connectivity index (χ1n) is 8.28. The van der Waals surface area contributed by atoms with Crippen molar-refractivity contribution in [3.05, 3.63) is 53.9 Å². The molecular formula is C19H28N2O3. The number of aromatic nitrogens is 1.